The van der Waals surface area contributed by atoms with Crippen LogP contribution < -0.4 is 5.32 Å². The maximum Gasteiger partial charge on any atom is 0.307 e. The van der Waals surface area contributed by atoms with E-state index in [0.29, 0.717) is 18.0 Å². The first-order chi connectivity index (χ1) is 11.1. The molecule has 2 N–H and O–H groups in total. The molecule has 3 aliphatic carbocycles. The Morgan fingerprint density at radius 1 is 1.17 bits per heavy atom. The lowest BCUT2D eigenvalue weighted by Gasteiger charge is -2.41. The van der Waals surface area contributed by atoms with E-state index in [9.17, 15) is 14.7 Å². The summed E-state index contributed by atoms with van der Waals surface area (Å²) in [5.41, 5.74) is 1.05. The Morgan fingerprint density at radius 2 is 1.87 bits per heavy atom. The predicted octanol–water partition coefficient (Wildman–Crippen LogP) is 2.91. The quantitative estimate of drug-likeness (QED) is 0.814. The fourth-order valence-electron chi connectivity index (χ4n) is 3.83. The highest BCUT2D eigenvalue weighted by Gasteiger charge is 2.47. The first kappa shape index (κ1) is 16.1. The lowest BCUT2D eigenvalue weighted by Crippen LogP contribution is -2.49. The van der Waals surface area contributed by atoms with E-state index in [-0.39, 0.29) is 17.7 Å². The molecule has 0 unspecified atom stereocenters. The number of carboxylic acids is 1. The first-order valence-corrected chi connectivity index (χ1v) is 8.37. The third-order valence-corrected chi connectivity index (χ3v) is 5.17. The number of fused-ring (bicyclic) bond motifs is 2. The highest BCUT2D eigenvalue weighted by Crippen LogP contribution is 2.45. The second kappa shape index (κ2) is 6.75. The van der Waals surface area contributed by atoms with Crippen LogP contribution in [0.25, 0.3) is 0 Å². The lowest BCUT2D eigenvalue weighted by molar-refractivity contribution is -0.152. The molecule has 0 radical (unpaired) electrons. The number of hydrogen-bond acceptors (Lipinski definition) is 2. The zero-order chi connectivity index (χ0) is 16.4. The Morgan fingerprint density at radius 3 is 2.48 bits per heavy atom. The zero-order valence-electron chi connectivity index (χ0n) is 12.7. The number of carboxylic acid groups (broad SMARTS) is 1. The van der Waals surface area contributed by atoms with Crippen LogP contribution in [-0.2, 0) is 16.0 Å². The maximum absolute atomic E-state index is 12.5. The average Bonchev–Trinajstić information content (AvgIpc) is 2.55. The van der Waals surface area contributed by atoms with Crippen LogP contribution in [0.1, 0.15) is 18.4 Å². The molecule has 0 saturated heterocycles. The summed E-state index contributed by atoms with van der Waals surface area (Å²) < 4.78 is 0. The van der Waals surface area contributed by atoms with Crippen molar-refractivity contribution in [3.63, 3.8) is 0 Å². The number of amides is 1. The van der Waals surface area contributed by atoms with Crippen molar-refractivity contribution in [1.82, 2.24) is 5.32 Å². The summed E-state index contributed by atoms with van der Waals surface area (Å²) in [7, 11) is 0. The molecule has 1 amide bonds. The summed E-state index contributed by atoms with van der Waals surface area (Å²) in [4.78, 5) is 24.1. The molecule has 2 bridgehead atoms. The van der Waals surface area contributed by atoms with E-state index >= 15 is 0 Å². The van der Waals surface area contributed by atoms with Crippen molar-refractivity contribution >= 4 is 23.5 Å². The number of allylic oxidation sites excluding steroid dienone is 2. The molecule has 1 fully saturated rings. The summed E-state index contributed by atoms with van der Waals surface area (Å²) in [6, 6.07) is 7.53. The molecule has 4 atom stereocenters. The highest BCUT2D eigenvalue weighted by atomic mass is 35.5. The third kappa shape index (κ3) is 3.42. The van der Waals surface area contributed by atoms with Crippen LogP contribution in [0.4, 0.5) is 0 Å². The molecule has 122 valence electrons. The van der Waals surface area contributed by atoms with E-state index in [0.717, 1.165) is 18.4 Å². The van der Waals surface area contributed by atoms with Crippen LogP contribution in [-0.4, -0.2) is 23.5 Å². The summed E-state index contributed by atoms with van der Waals surface area (Å²) in [5.74, 6) is -2.01. The topological polar surface area (TPSA) is 66.4 Å². The number of halogens is 1. The number of benzene rings is 1. The molecule has 4 rings (SSSR count). The molecular formula is C18H20ClNO3. The van der Waals surface area contributed by atoms with E-state index in [1.165, 1.54) is 0 Å². The molecular weight excluding hydrogens is 314 g/mol. The van der Waals surface area contributed by atoms with Gasteiger partial charge in [0.25, 0.3) is 0 Å². The Balaban J connectivity index is 1.61. The van der Waals surface area contributed by atoms with Gasteiger partial charge in [-0.05, 0) is 48.8 Å². The van der Waals surface area contributed by atoms with E-state index in [4.69, 9.17) is 11.6 Å². The minimum atomic E-state index is -0.862. The standard InChI is InChI=1S/C18H20ClNO3/c19-14-3-1-2-11(10-14)8-9-20-17(21)15-12-4-6-13(7-5-12)16(15)18(22)23/h1-4,6,10,12-13,15-16H,5,7-9H2,(H,20,21)(H,22,23)/t12-,13+,15-,16+/m0/s1. The summed E-state index contributed by atoms with van der Waals surface area (Å²) in [5, 5.41) is 13.1. The average molecular weight is 334 g/mol. The molecule has 3 aliphatic rings. The molecule has 0 heterocycles. The van der Waals surface area contributed by atoms with Crippen molar-refractivity contribution in [3.8, 4) is 0 Å². The van der Waals surface area contributed by atoms with Gasteiger partial charge in [0.05, 0.1) is 11.8 Å². The first-order valence-electron chi connectivity index (χ1n) is 7.99. The summed E-state index contributed by atoms with van der Waals surface area (Å²) in [6.07, 6.45) is 6.44. The number of carbonyl (C=O) groups excluding carboxylic acids is 1. The number of carbonyl (C=O) groups is 2. The fourth-order valence-corrected chi connectivity index (χ4v) is 4.04. The fraction of sp³-hybridized carbons (Fsp3) is 0.444. The predicted molar refractivity (Wildman–Crippen MR) is 88.1 cm³/mol. The summed E-state index contributed by atoms with van der Waals surface area (Å²) >= 11 is 5.94. The van der Waals surface area contributed by atoms with E-state index in [1.54, 1.807) is 0 Å². The normalized spacial score (nSPS) is 28.6. The largest absolute Gasteiger partial charge is 0.481 e. The van der Waals surface area contributed by atoms with Crippen LogP contribution >= 0.6 is 11.6 Å². The Kier molecular flexibility index (Phi) is 4.71. The van der Waals surface area contributed by atoms with Crippen molar-refractivity contribution in [2.75, 3.05) is 6.54 Å². The van der Waals surface area contributed by atoms with E-state index in [2.05, 4.69) is 5.32 Å². The molecule has 4 nitrogen and oxygen atoms in total. The van der Waals surface area contributed by atoms with Gasteiger partial charge in [-0.15, -0.1) is 0 Å². The second-order valence-corrected chi connectivity index (χ2v) is 6.79. The Hall–Kier alpha value is -1.81. The van der Waals surface area contributed by atoms with Crippen molar-refractivity contribution in [2.24, 2.45) is 23.7 Å². The zero-order valence-corrected chi connectivity index (χ0v) is 13.5. The van der Waals surface area contributed by atoms with Gasteiger partial charge in [0, 0.05) is 11.6 Å². The van der Waals surface area contributed by atoms with Gasteiger partial charge in [-0.25, -0.2) is 0 Å². The molecule has 0 spiro atoms. The van der Waals surface area contributed by atoms with Crippen LogP contribution in [0.3, 0.4) is 0 Å². The third-order valence-electron chi connectivity index (χ3n) is 4.94. The molecule has 1 saturated carbocycles. The molecule has 0 aromatic heterocycles. The molecule has 23 heavy (non-hydrogen) atoms. The molecule has 5 heteroatoms. The van der Waals surface area contributed by atoms with Gasteiger partial charge < -0.3 is 10.4 Å². The highest BCUT2D eigenvalue weighted by molar-refractivity contribution is 6.30. The van der Waals surface area contributed by atoms with Gasteiger partial charge >= 0.3 is 5.97 Å². The van der Waals surface area contributed by atoms with Crippen LogP contribution in [0, 0.1) is 23.7 Å². The van der Waals surface area contributed by atoms with Crippen molar-refractivity contribution in [3.05, 3.63) is 47.0 Å². The second-order valence-electron chi connectivity index (χ2n) is 6.35. The minimum Gasteiger partial charge on any atom is -0.481 e. The van der Waals surface area contributed by atoms with E-state index < -0.39 is 17.8 Å². The Bertz CT molecular complexity index is 643. The minimum absolute atomic E-state index is 0.0128. The SMILES string of the molecule is O=C(NCCc1cccc(Cl)c1)[C@@H]1[C@H](C(=O)O)[C@@H]2C=C[C@H]1CC2. The smallest absolute Gasteiger partial charge is 0.307 e. The van der Waals surface area contributed by atoms with Crippen LogP contribution in [0.15, 0.2) is 36.4 Å². The number of aliphatic carboxylic acids is 1. The molecule has 0 aliphatic heterocycles. The van der Waals surface area contributed by atoms with Gasteiger partial charge in [-0.2, -0.15) is 0 Å². The van der Waals surface area contributed by atoms with Crippen LogP contribution in [0.5, 0.6) is 0 Å². The van der Waals surface area contributed by atoms with Gasteiger partial charge in [0.1, 0.15) is 0 Å². The van der Waals surface area contributed by atoms with Gasteiger partial charge in [-0.3, -0.25) is 9.59 Å². The van der Waals surface area contributed by atoms with Gasteiger partial charge in [0.2, 0.25) is 5.91 Å². The van der Waals surface area contributed by atoms with Gasteiger partial charge in [-0.1, -0.05) is 35.9 Å². The van der Waals surface area contributed by atoms with Crippen molar-refractivity contribution in [2.45, 2.75) is 19.3 Å². The van der Waals surface area contributed by atoms with E-state index in [1.807, 2.05) is 36.4 Å². The van der Waals surface area contributed by atoms with Crippen molar-refractivity contribution < 1.29 is 14.7 Å². The number of hydrogen-bond donors (Lipinski definition) is 2. The number of nitrogens with one attached hydrogen (secondary N) is 1. The summed E-state index contributed by atoms with van der Waals surface area (Å²) in [6.45, 7) is 0.489. The Labute approximate surface area is 140 Å². The lowest BCUT2D eigenvalue weighted by atomic mass is 9.62. The van der Waals surface area contributed by atoms with Crippen LogP contribution in [0.2, 0.25) is 5.02 Å². The van der Waals surface area contributed by atoms with Crippen molar-refractivity contribution in [1.29, 1.82) is 0 Å². The molecule has 1 aromatic rings. The monoisotopic (exact) mass is 333 g/mol. The number of rotatable bonds is 5. The maximum atomic E-state index is 12.5. The van der Waals surface area contributed by atoms with Gasteiger partial charge in [0.15, 0.2) is 0 Å². The molecule has 1 aromatic carbocycles.